The molecule has 1 N–H and O–H groups in total. The van der Waals surface area contributed by atoms with Crippen LogP contribution in [0.4, 0.5) is 0 Å². The zero-order valence-corrected chi connectivity index (χ0v) is 11.9. The molecule has 0 heterocycles. The van der Waals surface area contributed by atoms with Gasteiger partial charge in [0.15, 0.2) is 0 Å². The van der Waals surface area contributed by atoms with E-state index in [0.717, 1.165) is 30.5 Å². The maximum absolute atomic E-state index is 3.69. The summed E-state index contributed by atoms with van der Waals surface area (Å²) in [5, 5.41) is 3.69. The maximum Gasteiger partial charge on any atom is 0.0107 e. The monoisotopic (exact) mass is 238 g/mol. The average Bonchev–Trinajstić information content (AvgIpc) is 3.02. The van der Waals surface area contributed by atoms with Gasteiger partial charge in [-0.2, -0.15) is 0 Å². The molecular formula is C15H30N2. The Hall–Kier alpha value is -0.0800. The molecule has 2 nitrogen and oxygen atoms in total. The van der Waals surface area contributed by atoms with Crippen molar-refractivity contribution in [2.75, 3.05) is 19.6 Å². The summed E-state index contributed by atoms with van der Waals surface area (Å²) in [6.07, 6.45) is 7.18. The molecule has 0 aliphatic heterocycles. The molecule has 0 bridgehead atoms. The van der Waals surface area contributed by atoms with Gasteiger partial charge in [0.25, 0.3) is 0 Å². The van der Waals surface area contributed by atoms with Crippen molar-refractivity contribution >= 4 is 0 Å². The SMILES string of the molecule is CCNC1CCCC1CN(CC(C)C)C1CC1. The molecule has 100 valence electrons. The topological polar surface area (TPSA) is 15.3 Å². The number of nitrogens with zero attached hydrogens (tertiary/aromatic N) is 1. The van der Waals surface area contributed by atoms with E-state index in [4.69, 9.17) is 0 Å². The third-order valence-corrected chi connectivity index (χ3v) is 4.26. The van der Waals surface area contributed by atoms with Crippen LogP contribution in [0.15, 0.2) is 0 Å². The number of nitrogens with one attached hydrogen (secondary N) is 1. The lowest BCUT2D eigenvalue weighted by molar-refractivity contribution is 0.186. The summed E-state index contributed by atoms with van der Waals surface area (Å²) in [7, 11) is 0. The predicted octanol–water partition coefficient (Wildman–Crippen LogP) is 2.89. The molecule has 2 aliphatic rings. The first-order valence-electron chi connectivity index (χ1n) is 7.68. The lowest BCUT2D eigenvalue weighted by Gasteiger charge is -2.30. The van der Waals surface area contributed by atoms with Crippen LogP contribution in [-0.2, 0) is 0 Å². The fraction of sp³-hybridized carbons (Fsp3) is 1.00. The van der Waals surface area contributed by atoms with Crippen LogP contribution in [0.3, 0.4) is 0 Å². The van der Waals surface area contributed by atoms with E-state index in [-0.39, 0.29) is 0 Å². The van der Waals surface area contributed by atoms with Gasteiger partial charge < -0.3 is 5.32 Å². The Bertz CT molecular complexity index is 223. The summed E-state index contributed by atoms with van der Waals surface area (Å²) in [6.45, 7) is 10.7. The summed E-state index contributed by atoms with van der Waals surface area (Å²) < 4.78 is 0. The van der Waals surface area contributed by atoms with E-state index in [0.29, 0.717) is 0 Å². The van der Waals surface area contributed by atoms with Crippen molar-refractivity contribution in [2.45, 2.75) is 65.0 Å². The molecule has 2 fully saturated rings. The van der Waals surface area contributed by atoms with E-state index in [2.05, 4.69) is 31.0 Å². The average molecular weight is 238 g/mol. The number of hydrogen-bond donors (Lipinski definition) is 1. The Balaban J connectivity index is 1.83. The van der Waals surface area contributed by atoms with Crippen molar-refractivity contribution in [3.8, 4) is 0 Å². The second-order valence-corrected chi connectivity index (χ2v) is 6.43. The van der Waals surface area contributed by atoms with E-state index in [1.54, 1.807) is 0 Å². The van der Waals surface area contributed by atoms with Gasteiger partial charge in [0.1, 0.15) is 0 Å². The quantitative estimate of drug-likeness (QED) is 0.733. The van der Waals surface area contributed by atoms with Gasteiger partial charge in [-0.05, 0) is 44.1 Å². The van der Waals surface area contributed by atoms with Crippen LogP contribution in [0.1, 0.15) is 52.9 Å². The lowest BCUT2D eigenvalue weighted by Crippen LogP contribution is -2.41. The minimum absolute atomic E-state index is 0.799. The normalized spacial score (nSPS) is 29.5. The Morgan fingerprint density at radius 1 is 1.18 bits per heavy atom. The molecular weight excluding hydrogens is 208 g/mol. The van der Waals surface area contributed by atoms with Crippen molar-refractivity contribution < 1.29 is 0 Å². The largest absolute Gasteiger partial charge is 0.314 e. The molecule has 0 saturated heterocycles. The van der Waals surface area contributed by atoms with Crippen LogP contribution in [0.2, 0.25) is 0 Å². The Kier molecular flexibility index (Phi) is 4.87. The highest BCUT2D eigenvalue weighted by Gasteiger charge is 2.34. The Labute approximate surface area is 107 Å². The minimum Gasteiger partial charge on any atom is -0.314 e. The van der Waals surface area contributed by atoms with Crippen LogP contribution in [0.5, 0.6) is 0 Å². The van der Waals surface area contributed by atoms with E-state index in [1.165, 1.54) is 45.2 Å². The molecule has 0 spiro atoms. The highest BCUT2D eigenvalue weighted by Crippen LogP contribution is 2.32. The van der Waals surface area contributed by atoms with E-state index in [1.807, 2.05) is 0 Å². The second-order valence-electron chi connectivity index (χ2n) is 6.43. The van der Waals surface area contributed by atoms with Crippen molar-refractivity contribution in [1.29, 1.82) is 0 Å². The standard InChI is InChI=1S/C15H30N2/c1-4-16-15-7-5-6-13(15)11-17(10-12(2)3)14-8-9-14/h12-16H,4-11H2,1-3H3. The van der Waals surface area contributed by atoms with Gasteiger partial charge in [0.05, 0.1) is 0 Å². The van der Waals surface area contributed by atoms with Gasteiger partial charge in [-0.3, -0.25) is 4.90 Å². The minimum atomic E-state index is 0.799. The van der Waals surface area contributed by atoms with Crippen LogP contribution in [-0.4, -0.2) is 36.6 Å². The van der Waals surface area contributed by atoms with Crippen LogP contribution >= 0.6 is 0 Å². The van der Waals surface area contributed by atoms with Crippen LogP contribution in [0, 0.1) is 11.8 Å². The van der Waals surface area contributed by atoms with Crippen LogP contribution in [0.25, 0.3) is 0 Å². The molecule has 0 aromatic carbocycles. The van der Waals surface area contributed by atoms with E-state index < -0.39 is 0 Å². The molecule has 2 aliphatic carbocycles. The summed E-state index contributed by atoms with van der Waals surface area (Å²) in [5.74, 6) is 1.73. The zero-order chi connectivity index (χ0) is 12.3. The zero-order valence-electron chi connectivity index (χ0n) is 11.9. The fourth-order valence-corrected chi connectivity index (χ4v) is 3.37. The van der Waals surface area contributed by atoms with Gasteiger partial charge in [-0.25, -0.2) is 0 Å². The molecule has 17 heavy (non-hydrogen) atoms. The van der Waals surface area contributed by atoms with Crippen molar-refractivity contribution in [1.82, 2.24) is 10.2 Å². The number of hydrogen-bond acceptors (Lipinski definition) is 2. The molecule has 0 radical (unpaired) electrons. The lowest BCUT2D eigenvalue weighted by atomic mass is 10.0. The Morgan fingerprint density at radius 2 is 1.94 bits per heavy atom. The highest BCUT2D eigenvalue weighted by molar-refractivity contribution is 4.90. The smallest absolute Gasteiger partial charge is 0.0107 e. The van der Waals surface area contributed by atoms with Crippen LogP contribution < -0.4 is 5.32 Å². The van der Waals surface area contributed by atoms with Gasteiger partial charge >= 0.3 is 0 Å². The summed E-state index contributed by atoms with van der Waals surface area (Å²) in [6, 6.07) is 1.73. The molecule has 0 aromatic rings. The second kappa shape index (κ2) is 6.19. The molecule has 2 heteroatoms. The molecule has 2 saturated carbocycles. The Morgan fingerprint density at radius 3 is 2.53 bits per heavy atom. The van der Waals surface area contributed by atoms with E-state index in [9.17, 15) is 0 Å². The molecule has 2 rings (SSSR count). The summed E-state index contributed by atoms with van der Waals surface area (Å²) in [5.41, 5.74) is 0. The third kappa shape index (κ3) is 3.96. The first-order chi connectivity index (χ1) is 8.20. The first-order valence-corrected chi connectivity index (χ1v) is 7.68. The van der Waals surface area contributed by atoms with Gasteiger partial charge in [0.2, 0.25) is 0 Å². The molecule has 2 atom stereocenters. The van der Waals surface area contributed by atoms with Gasteiger partial charge in [0, 0.05) is 25.2 Å². The third-order valence-electron chi connectivity index (χ3n) is 4.26. The predicted molar refractivity (Wildman–Crippen MR) is 74.2 cm³/mol. The number of rotatable bonds is 7. The van der Waals surface area contributed by atoms with Gasteiger partial charge in [-0.1, -0.05) is 27.2 Å². The summed E-state index contributed by atoms with van der Waals surface area (Å²) >= 11 is 0. The van der Waals surface area contributed by atoms with Gasteiger partial charge in [-0.15, -0.1) is 0 Å². The van der Waals surface area contributed by atoms with Crippen molar-refractivity contribution in [3.05, 3.63) is 0 Å². The first kappa shape index (κ1) is 13.4. The highest BCUT2D eigenvalue weighted by atomic mass is 15.2. The molecule has 0 amide bonds. The molecule has 0 aromatic heterocycles. The fourth-order valence-electron chi connectivity index (χ4n) is 3.37. The maximum atomic E-state index is 3.69. The molecule has 2 unspecified atom stereocenters. The summed E-state index contributed by atoms with van der Waals surface area (Å²) in [4.78, 5) is 2.78. The van der Waals surface area contributed by atoms with E-state index >= 15 is 0 Å². The van der Waals surface area contributed by atoms with Crippen molar-refractivity contribution in [3.63, 3.8) is 0 Å². The van der Waals surface area contributed by atoms with Crippen molar-refractivity contribution in [2.24, 2.45) is 11.8 Å².